The molecule has 202 valence electrons. The van der Waals surface area contributed by atoms with Crippen molar-refractivity contribution in [2.24, 2.45) is 5.10 Å². The van der Waals surface area contributed by atoms with E-state index in [0.29, 0.717) is 21.7 Å². The molecule has 0 unspecified atom stereocenters. The summed E-state index contributed by atoms with van der Waals surface area (Å²) in [6, 6.07) is 15.2. The number of benzene rings is 3. The molecule has 0 aliphatic carbocycles. The van der Waals surface area contributed by atoms with Crippen molar-refractivity contribution in [1.29, 1.82) is 0 Å². The van der Waals surface area contributed by atoms with Gasteiger partial charge in [0.05, 0.1) is 33.5 Å². The Bertz CT molecular complexity index is 1410. The van der Waals surface area contributed by atoms with Crippen molar-refractivity contribution in [1.82, 2.24) is 5.43 Å². The predicted molar refractivity (Wildman–Crippen MR) is 140 cm³/mol. The second kappa shape index (κ2) is 11.9. The Labute approximate surface area is 223 Å². The van der Waals surface area contributed by atoms with Gasteiger partial charge in [0.2, 0.25) is 0 Å². The topological polar surface area (TPSA) is 88.1 Å². The third-order valence-corrected chi connectivity index (χ3v) is 7.21. The van der Waals surface area contributed by atoms with E-state index in [-0.39, 0.29) is 16.7 Å². The summed E-state index contributed by atoms with van der Waals surface area (Å²) in [6.07, 6.45) is -3.50. The van der Waals surface area contributed by atoms with Gasteiger partial charge in [-0.25, -0.2) is 13.8 Å². The summed E-state index contributed by atoms with van der Waals surface area (Å²) in [6.45, 7) is 4.69. The van der Waals surface area contributed by atoms with Crippen LogP contribution < -0.4 is 14.5 Å². The molecule has 1 amide bonds. The Kier molecular flexibility index (Phi) is 9.05. The van der Waals surface area contributed by atoms with Crippen LogP contribution in [0.5, 0.6) is 5.75 Å². The molecule has 0 saturated carbocycles. The average molecular weight is 568 g/mol. The summed E-state index contributed by atoms with van der Waals surface area (Å²) < 4.78 is 73.4. The number of nitrogens with zero attached hydrogens (tertiary/aromatic N) is 2. The quantitative estimate of drug-likeness (QED) is 0.261. The number of hydrogen-bond donors (Lipinski definition) is 1. The van der Waals surface area contributed by atoms with Crippen LogP contribution in [0, 0.1) is 6.92 Å². The predicted octanol–water partition coefficient (Wildman–Crippen LogP) is 5.80. The number of hydrogen-bond acceptors (Lipinski definition) is 5. The van der Waals surface area contributed by atoms with E-state index < -0.39 is 39.2 Å². The molecule has 3 rings (SSSR count). The number of hydrazone groups is 1. The minimum absolute atomic E-state index is 0.000732. The minimum atomic E-state index is -4.84. The molecule has 3 aromatic rings. The molecule has 0 saturated heterocycles. The fraction of sp³-hybridized carbons (Fsp3) is 0.231. The highest BCUT2D eigenvalue weighted by molar-refractivity contribution is 7.92. The van der Waals surface area contributed by atoms with Gasteiger partial charge in [0, 0.05) is 0 Å². The van der Waals surface area contributed by atoms with Gasteiger partial charge in [0.15, 0.2) is 0 Å². The maximum atomic E-state index is 13.5. The van der Waals surface area contributed by atoms with Gasteiger partial charge in [-0.3, -0.25) is 9.10 Å². The van der Waals surface area contributed by atoms with Gasteiger partial charge in [0.25, 0.3) is 15.9 Å². The highest BCUT2D eigenvalue weighted by atomic mass is 35.5. The van der Waals surface area contributed by atoms with Gasteiger partial charge in [-0.1, -0.05) is 29.3 Å². The van der Waals surface area contributed by atoms with Gasteiger partial charge in [-0.2, -0.15) is 18.3 Å². The monoisotopic (exact) mass is 567 g/mol. The van der Waals surface area contributed by atoms with E-state index in [2.05, 4.69) is 10.5 Å². The molecule has 0 aliphatic rings. The first kappa shape index (κ1) is 29.0. The molecule has 7 nitrogen and oxygen atoms in total. The number of rotatable bonds is 9. The molecule has 0 aromatic heterocycles. The van der Waals surface area contributed by atoms with Crippen molar-refractivity contribution >= 4 is 39.4 Å². The third-order valence-electron chi connectivity index (χ3n) is 5.09. The van der Waals surface area contributed by atoms with Gasteiger partial charge >= 0.3 is 6.18 Å². The number of carbonyl (C=O) groups is 1. The van der Waals surface area contributed by atoms with Crippen molar-refractivity contribution < 1.29 is 31.1 Å². The summed E-state index contributed by atoms with van der Waals surface area (Å²) in [7, 11) is -4.44. The van der Waals surface area contributed by atoms with Crippen LogP contribution >= 0.6 is 11.6 Å². The Morgan fingerprint density at radius 1 is 1.08 bits per heavy atom. The van der Waals surface area contributed by atoms with Gasteiger partial charge < -0.3 is 4.74 Å². The van der Waals surface area contributed by atoms with Crippen LogP contribution in [0.4, 0.5) is 18.9 Å². The van der Waals surface area contributed by atoms with E-state index in [1.54, 1.807) is 31.2 Å². The van der Waals surface area contributed by atoms with E-state index in [4.69, 9.17) is 16.3 Å². The van der Waals surface area contributed by atoms with E-state index >= 15 is 0 Å². The highest BCUT2D eigenvalue weighted by Crippen LogP contribution is 2.38. The fourth-order valence-electron chi connectivity index (χ4n) is 3.29. The van der Waals surface area contributed by atoms with E-state index in [9.17, 15) is 26.4 Å². The van der Waals surface area contributed by atoms with Gasteiger partial charge in [0.1, 0.15) is 12.3 Å². The number of halogens is 4. The zero-order valence-corrected chi connectivity index (χ0v) is 22.2. The lowest BCUT2D eigenvalue weighted by molar-refractivity contribution is -0.137. The van der Waals surface area contributed by atoms with Crippen molar-refractivity contribution in [3.8, 4) is 5.75 Å². The molecule has 0 atom stereocenters. The van der Waals surface area contributed by atoms with Crippen LogP contribution in [0.3, 0.4) is 0 Å². The maximum Gasteiger partial charge on any atom is 0.417 e. The SMILES string of the molecule is Cc1ccc(S(=O)(=O)N(CC(=O)N/N=C\c2ccc(OC(C)C)cc2)c2ccc(Cl)c(C(F)(F)F)c2)cc1. The Balaban J connectivity index is 1.87. The zero-order chi connectivity index (χ0) is 28.1. The normalized spacial score (nSPS) is 12.1. The molecular weight excluding hydrogens is 543 g/mol. The van der Waals surface area contributed by atoms with Crippen molar-refractivity contribution in [2.75, 3.05) is 10.8 Å². The highest BCUT2D eigenvalue weighted by Gasteiger charge is 2.35. The van der Waals surface area contributed by atoms with Crippen LogP contribution in [-0.4, -0.2) is 33.2 Å². The number of aryl methyl sites for hydroxylation is 1. The first-order valence-electron chi connectivity index (χ1n) is 11.3. The van der Waals surface area contributed by atoms with Gasteiger partial charge in [-0.05, 0) is 80.9 Å². The molecule has 0 aliphatic heterocycles. The largest absolute Gasteiger partial charge is 0.491 e. The molecule has 12 heteroatoms. The smallest absolute Gasteiger partial charge is 0.417 e. The van der Waals surface area contributed by atoms with Crippen LogP contribution in [0.25, 0.3) is 0 Å². The first-order valence-corrected chi connectivity index (χ1v) is 13.1. The Hall–Kier alpha value is -3.57. The lowest BCUT2D eigenvalue weighted by Gasteiger charge is -2.25. The molecular formula is C26H25ClF3N3O4S. The summed E-state index contributed by atoms with van der Waals surface area (Å²) in [5.74, 6) is -0.223. The number of anilines is 1. The number of amides is 1. The molecule has 0 heterocycles. The van der Waals surface area contributed by atoms with Crippen molar-refractivity contribution in [3.63, 3.8) is 0 Å². The molecule has 3 aromatic carbocycles. The van der Waals surface area contributed by atoms with Crippen LogP contribution in [-0.2, 0) is 21.0 Å². The van der Waals surface area contributed by atoms with Crippen molar-refractivity contribution in [3.05, 3.63) is 88.4 Å². The number of nitrogens with one attached hydrogen (secondary N) is 1. The molecule has 0 radical (unpaired) electrons. The number of alkyl halides is 3. The van der Waals surface area contributed by atoms with E-state index in [1.165, 1.54) is 30.5 Å². The van der Waals surface area contributed by atoms with Crippen LogP contribution in [0.15, 0.2) is 76.7 Å². The average Bonchev–Trinajstić information content (AvgIpc) is 2.83. The molecule has 0 fully saturated rings. The first-order chi connectivity index (χ1) is 17.8. The summed E-state index contributed by atoms with van der Waals surface area (Å²) in [5.41, 5.74) is 1.99. The van der Waals surface area contributed by atoms with E-state index in [0.717, 1.165) is 17.7 Å². The maximum absolute atomic E-state index is 13.5. The molecule has 38 heavy (non-hydrogen) atoms. The molecule has 0 spiro atoms. The fourth-order valence-corrected chi connectivity index (χ4v) is 4.92. The lowest BCUT2D eigenvalue weighted by atomic mass is 10.2. The number of sulfonamides is 1. The minimum Gasteiger partial charge on any atom is -0.491 e. The zero-order valence-electron chi connectivity index (χ0n) is 20.7. The molecule has 0 bridgehead atoms. The Morgan fingerprint density at radius 3 is 2.29 bits per heavy atom. The third kappa shape index (κ3) is 7.48. The van der Waals surface area contributed by atoms with Crippen LogP contribution in [0.1, 0.15) is 30.5 Å². The summed E-state index contributed by atoms with van der Waals surface area (Å²) in [4.78, 5) is 12.5. The Morgan fingerprint density at radius 2 is 1.71 bits per heavy atom. The van der Waals surface area contributed by atoms with Crippen molar-refractivity contribution in [2.45, 2.75) is 37.9 Å². The number of ether oxygens (including phenoxy) is 1. The molecule has 1 N–H and O–H groups in total. The lowest BCUT2D eigenvalue weighted by Crippen LogP contribution is -2.39. The van der Waals surface area contributed by atoms with Crippen LogP contribution in [0.2, 0.25) is 5.02 Å². The second-order valence-corrected chi connectivity index (χ2v) is 10.8. The van der Waals surface area contributed by atoms with Gasteiger partial charge in [-0.15, -0.1) is 0 Å². The summed E-state index contributed by atoms with van der Waals surface area (Å²) >= 11 is 5.71. The standard InChI is InChI=1S/C26H25ClF3N3O4S/c1-17(2)37-21-9-6-19(7-10-21)15-31-32-25(34)16-33(38(35,36)22-11-4-18(3)5-12-22)20-8-13-24(27)23(14-20)26(28,29)30/h4-15,17H,16H2,1-3H3,(H,32,34)/b31-15-. The second-order valence-electron chi connectivity index (χ2n) is 8.52. The number of carbonyl (C=O) groups excluding carboxylic acids is 1. The van der Waals surface area contributed by atoms with E-state index in [1.807, 2.05) is 13.8 Å². The summed E-state index contributed by atoms with van der Waals surface area (Å²) in [5, 5.41) is 3.22.